The molecular weight excluding hydrogens is 271 g/mol. The molecule has 0 aromatic heterocycles. The monoisotopic (exact) mass is 288 g/mol. The summed E-state index contributed by atoms with van der Waals surface area (Å²) in [5.41, 5.74) is 6.88. The normalized spacial score (nSPS) is 11.7. The van der Waals surface area contributed by atoms with Gasteiger partial charge in [0.1, 0.15) is 17.3 Å². The lowest BCUT2D eigenvalue weighted by Gasteiger charge is -2.12. The number of hydrogen-bond acceptors (Lipinski definition) is 3. The van der Waals surface area contributed by atoms with E-state index in [9.17, 15) is 4.39 Å². The van der Waals surface area contributed by atoms with Crippen LogP contribution in [0, 0.1) is 5.82 Å². The molecule has 0 aliphatic carbocycles. The van der Waals surface area contributed by atoms with E-state index in [1.165, 1.54) is 12.1 Å². The van der Waals surface area contributed by atoms with Crippen LogP contribution in [0.2, 0.25) is 0 Å². The van der Waals surface area contributed by atoms with Crippen LogP contribution in [-0.4, -0.2) is 11.0 Å². The molecule has 0 aliphatic heterocycles. The first-order valence-electron chi connectivity index (χ1n) is 6.56. The largest absolute Gasteiger partial charge is 0.457 e. The number of hydrogen-bond donors (Lipinski definition) is 2. The summed E-state index contributed by atoms with van der Waals surface area (Å²) in [5, 5.41) is 11.7. The molecule has 0 amide bonds. The summed E-state index contributed by atoms with van der Waals surface area (Å²) in [6.45, 7) is 4.16. The summed E-state index contributed by atoms with van der Waals surface area (Å²) in [6, 6.07) is 11.5. The van der Waals surface area contributed by atoms with Crippen LogP contribution < -0.4 is 10.5 Å². The fourth-order valence-corrected chi connectivity index (χ4v) is 1.91. The minimum absolute atomic E-state index is 0.201. The Morgan fingerprint density at radius 1 is 1.24 bits per heavy atom. The molecule has 4 nitrogen and oxygen atoms in total. The number of rotatable bonds is 4. The third-order valence-corrected chi connectivity index (χ3v) is 3.08. The molecule has 5 heteroatoms. The molecule has 2 rings (SSSR count). The van der Waals surface area contributed by atoms with Crippen molar-refractivity contribution in [1.82, 2.24) is 0 Å². The SMILES string of the molecule is CC(C)c1cccc(Oc2ccc(F)cc2C(N)=NO)c1. The fourth-order valence-electron chi connectivity index (χ4n) is 1.91. The Morgan fingerprint density at radius 3 is 2.67 bits per heavy atom. The number of oxime groups is 1. The summed E-state index contributed by atoms with van der Waals surface area (Å²) >= 11 is 0. The topological polar surface area (TPSA) is 67.8 Å². The van der Waals surface area contributed by atoms with Crippen LogP contribution in [0.25, 0.3) is 0 Å². The summed E-state index contributed by atoms with van der Waals surface area (Å²) < 4.78 is 19.0. The zero-order valence-electron chi connectivity index (χ0n) is 11.9. The molecule has 0 spiro atoms. The van der Waals surface area contributed by atoms with Crippen molar-refractivity contribution >= 4 is 5.84 Å². The number of halogens is 1. The Balaban J connectivity index is 2.38. The molecule has 2 aromatic rings. The van der Waals surface area contributed by atoms with Crippen LogP contribution in [-0.2, 0) is 0 Å². The van der Waals surface area contributed by atoms with Gasteiger partial charge in [-0.25, -0.2) is 4.39 Å². The molecule has 3 N–H and O–H groups in total. The van der Waals surface area contributed by atoms with Crippen LogP contribution in [0.4, 0.5) is 4.39 Å². The summed E-state index contributed by atoms with van der Waals surface area (Å²) in [6.07, 6.45) is 0. The fraction of sp³-hybridized carbons (Fsp3) is 0.188. The molecule has 0 aliphatic rings. The van der Waals surface area contributed by atoms with E-state index < -0.39 is 5.82 Å². The van der Waals surface area contributed by atoms with E-state index >= 15 is 0 Å². The summed E-state index contributed by atoms with van der Waals surface area (Å²) in [5.74, 6) is 0.613. The van der Waals surface area contributed by atoms with Gasteiger partial charge in [-0.3, -0.25) is 0 Å². The van der Waals surface area contributed by atoms with Crippen molar-refractivity contribution in [2.24, 2.45) is 10.9 Å². The highest BCUT2D eigenvalue weighted by atomic mass is 19.1. The Bertz CT molecular complexity index is 669. The quantitative estimate of drug-likeness (QED) is 0.389. The molecule has 2 aromatic carbocycles. The van der Waals surface area contributed by atoms with E-state index in [-0.39, 0.29) is 11.4 Å². The van der Waals surface area contributed by atoms with Gasteiger partial charge in [-0.1, -0.05) is 31.1 Å². The highest BCUT2D eigenvalue weighted by Gasteiger charge is 2.11. The Hall–Kier alpha value is -2.56. The molecule has 0 saturated carbocycles. The van der Waals surface area contributed by atoms with Gasteiger partial charge in [-0.05, 0) is 41.8 Å². The maximum absolute atomic E-state index is 13.3. The number of ether oxygens (including phenoxy) is 1. The molecule has 0 atom stereocenters. The van der Waals surface area contributed by atoms with Crippen molar-refractivity contribution in [3.8, 4) is 11.5 Å². The predicted octanol–water partition coefficient (Wildman–Crippen LogP) is 3.84. The molecule has 0 fully saturated rings. The summed E-state index contributed by atoms with van der Waals surface area (Å²) in [7, 11) is 0. The van der Waals surface area contributed by atoms with Crippen molar-refractivity contribution in [3.05, 3.63) is 59.4 Å². The average Bonchev–Trinajstić information content (AvgIpc) is 2.48. The number of nitrogens with zero attached hydrogens (tertiary/aromatic N) is 1. The van der Waals surface area contributed by atoms with E-state index in [2.05, 4.69) is 19.0 Å². The predicted molar refractivity (Wildman–Crippen MR) is 79.5 cm³/mol. The van der Waals surface area contributed by atoms with Crippen LogP contribution in [0.3, 0.4) is 0 Å². The van der Waals surface area contributed by atoms with E-state index in [4.69, 9.17) is 15.7 Å². The highest BCUT2D eigenvalue weighted by molar-refractivity contribution is 5.99. The second kappa shape index (κ2) is 6.26. The van der Waals surface area contributed by atoms with Gasteiger partial charge in [0.15, 0.2) is 5.84 Å². The standard InChI is InChI=1S/C16H17FN2O2/c1-10(2)11-4-3-5-13(8-11)21-15-7-6-12(17)9-14(15)16(18)19-20/h3-10,20H,1-2H3,(H2,18,19). The second-order valence-corrected chi connectivity index (χ2v) is 4.95. The lowest BCUT2D eigenvalue weighted by Crippen LogP contribution is -2.14. The molecule has 0 radical (unpaired) electrons. The van der Waals surface area contributed by atoms with Gasteiger partial charge in [0, 0.05) is 0 Å². The first kappa shape index (κ1) is 14.8. The van der Waals surface area contributed by atoms with E-state index in [1.54, 1.807) is 6.07 Å². The lowest BCUT2D eigenvalue weighted by atomic mass is 10.0. The average molecular weight is 288 g/mol. The molecule has 0 bridgehead atoms. The van der Waals surface area contributed by atoms with Crippen LogP contribution in [0.1, 0.15) is 30.9 Å². The van der Waals surface area contributed by atoms with Crippen molar-refractivity contribution in [1.29, 1.82) is 0 Å². The smallest absolute Gasteiger partial charge is 0.173 e. The van der Waals surface area contributed by atoms with Crippen molar-refractivity contribution in [2.75, 3.05) is 0 Å². The van der Waals surface area contributed by atoms with E-state index in [0.717, 1.165) is 11.6 Å². The van der Waals surface area contributed by atoms with E-state index in [1.807, 2.05) is 18.2 Å². The minimum Gasteiger partial charge on any atom is -0.457 e. The van der Waals surface area contributed by atoms with Crippen molar-refractivity contribution in [3.63, 3.8) is 0 Å². The Labute approximate surface area is 122 Å². The van der Waals surface area contributed by atoms with E-state index in [0.29, 0.717) is 17.4 Å². The molecule has 0 unspecified atom stereocenters. The van der Waals surface area contributed by atoms with Crippen molar-refractivity contribution in [2.45, 2.75) is 19.8 Å². The third kappa shape index (κ3) is 3.51. The van der Waals surface area contributed by atoms with Crippen LogP contribution >= 0.6 is 0 Å². The second-order valence-electron chi connectivity index (χ2n) is 4.95. The maximum atomic E-state index is 13.3. The third-order valence-electron chi connectivity index (χ3n) is 3.08. The van der Waals surface area contributed by atoms with Gasteiger partial charge in [-0.15, -0.1) is 0 Å². The first-order chi connectivity index (χ1) is 10.0. The number of amidine groups is 1. The van der Waals surface area contributed by atoms with Gasteiger partial charge in [0.05, 0.1) is 5.56 Å². The molecular formula is C16H17FN2O2. The van der Waals surface area contributed by atoms with Gasteiger partial charge in [-0.2, -0.15) is 0 Å². The van der Waals surface area contributed by atoms with Gasteiger partial charge < -0.3 is 15.7 Å². The number of benzene rings is 2. The molecule has 0 heterocycles. The van der Waals surface area contributed by atoms with Gasteiger partial charge >= 0.3 is 0 Å². The highest BCUT2D eigenvalue weighted by Crippen LogP contribution is 2.28. The minimum atomic E-state index is -0.486. The summed E-state index contributed by atoms with van der Waals surface area (Å²) in [4.78, 5) is 0. The van der Waals surface area contributed by atoms with Crippen LogP contribution in [0.15, 0.2) is 47.6 Å². The van der Waals surface area contributed by atoms with Gasteiger partial charge in [0.2, 0.25) is 0 Å². The van der Waals surface area contributed by atoms with Crippen LogP contribution in [0.5, 0.6) is 11.5 Å². The molecule has 110 valence electrons. The lowest BCUT2D eigenvalue weighted by molar-refractivity contribution is 0.318. The zero-order valence-corrected chi connectivity index (χ0v) is 11.9. The first-order valence-corrected chi connectivity index (χ1v) is 6.56. The van der Waals surface area contributed by atoms with Crippen molar-refractivity contribution < 1.29 is 14.3 Å². The Morgan fingerprint density at radius 2 is 2.00 bits per heavy atom. The molecule has 0 saturated heterocycles. The maximum Gasteiger partial charge on any atom is 0.173 e. The molecule has 21 heavy (non-hydrogen) atoms. The Kier molecular flexibility index (Phi) is 4.42. The zero-order chi connectivity index (χ0) is 15.4. The van der Waals surface area contributed by atoms with Gasteiger partial charge in [0.25, 0.3) is 0 Å². The number of nitrogens with two attached hydrogens (primary N) is 1.